The third kappa shape index (κ3) is 3.05. The normalized spacial score (nSPS) is 26.4. The Morgan fingerprint density at radius 3 is 2.96 bits per heavy atom. The summed E-state index contributed by atoms with van der Waals surface area (Å²) in [7, 11) is 1.74. The van der Waals surface area contributed by atoms with Crippen LogP contribution in [0.2, 0.25) is 0 Å². The molecule has 0 bridgehead atoms. The fourth-order valence-electron chi connectivity index (χ4n) is 4.47. The Balaban J connectivity index is 1.58. The molecule has 1 amide bonds. The van der Waals surface area contributed by atoms with Gasteiger partial charge in [0, 0.05) is 37.8 Å². The first kappa shape index (κ1) is 16.6. The largest absolute Gasteiger partial charge is 0.384 e. The van der Waals surface area contributed by atoms with E-state index in [0.29, 0.717) is 6.61 Å². The van der Waals surface area contributed by atoms with Gasteiger partial charge in [-0.3, -0.25) is 4.79 Å². The smallest absolute Gasteiger partial charge is 0.253 e. The lowest BCUT2D eigenvalue weighted by Crippen LogP contribution is -2.58. The van der Waals surface area contributed by atoms with Gasteiger partial charge >= 0.3 is 0 Å². The Morgan fingerprint density at radius 2 is 2.12 bits per heavy atom. The Kier molecular flexibility index (Phi) is 4.48. The molecule has 0 saturated carbocycles. The molecule has 4 rings (SSSR count). The Bertz CT molecular complexity index is 771. The number of ether oxygens (including phenoxy) is 2. The minimum Gasteiger partial charge on any atom is -0.384 e. The van der Waals surface area contributed by atoms with Gasteiger partial charge in [0.1, 0.15) is 0 Å². The van der Waals surface area contributed by atoms with Gasteiger partial charge in [-0.1, -0.05) is 30.3 Å². The molecule has 0 radical (unpaired) electrons. The summed E-state index contributed by atoms with van der Waals surface area (Å²) in [6.07, 6.45) is 3.20. The fourth-order valence-corrected chi connectivity index (χ4v) is 4.47. The second-order valence-corrected chi connectivity index (χ2v) is 7.34. The van der Waals surface area contributed by atoms with Crippen molar-refractivity contribution in [3.63, 3.8) is 0 Å². The van der Waals surface area contributed by atoms with Crippen LogP contribution in [0.15, 0.2) is 42.5 Å². The number of carbonyl (C=O) groups is 1. The number of carbonyl (C=O) groups excluding carboxylic acids is 1. The fraction of sp³-hybridized carbons (Fsp3) is 0.476. The van der Waals surface area contributed by atoms with Crippen LogP contribution in [0.4, 0.5) is 0 Å². The highest BCUT2D eigenvalue weighted by Crippen LogP contribution is 2.40. The molecule has 2 fully saturated rings. The lowest BCUT2D eigenvalue weighted by Gasteiger charge is -2.50. The highest BCUT2D eigenvalue weighted by Gasteiger charge is 2.47. The predicted octanol–water partition coefficient (Wildman–Crippen LogP) is 3.50. The van der Waals surface area contributed by atoms with Crippen LogP contribution in [0.1, 0.15) is 29.6 Å². The quantitative estimate of drug-likeness (QED) is 0.859. The molecule has 2 unspecified atom stereocenters. The lowest BCUT2D eigenvalue weighted by molar-refractivity contribution is -0.142. The van der Waals surface area contributed by atoms with Gasteiger partial charge in [0.2, 0.25) is 0 Å². The molecule has 0 N–H and O–H groups in total. The maximum Gasteiger partial charge on any atom is 0.253 e. The number of benzene rings is 2. The van der Waals surface area contributed by atoms with Crippen LogP contribution < -0.4 is 0 Å². The standard InChI is InChI=1S/C21H25NO3/c1-24-15-21-10-4-12-25-19(21)9-11-22(14-21)20(23)18-8-7-16-5-2-3-6-17(16)13-18/h2-3,5-8,13,19H,4,9-12,14-15H2,1H3. The molecule has 132 valence electrons. The van der Waals surface area contributed by atoms with E-state index in [1.807, 2.05) is 35.2 Å². The highest BCUT2D eigenvalue weighted by atomic mass is 16.5. The topological polar surface area (TPSA) is 38.8 Å². The van der Waals surface area contributed by atoms with Crippen molar-refractivity contribution >= 4 is 16.7 Å². The first-order valence-corrected chi connectivity index (χ1v) is 9.10. The molecule has 2 saturated heterocycles. The average Bonchev–Trinajstić information content (AvgIpc) is 2.66. The monoisotopic (exact) mass is 339 g/mol. The van der Waals surface area contributed by atoms with Crippen LogP contribution >= 0.6 is 0 Å². The average molecular weight is 339 g/mol. The lowest BCUT2D eigenvalue weighted by atomic mass is 9.73. The minimum absolute atomic E-state index is 0.0578. The molecule has 0 spiro atoms. The zero-order valence-electron chi connectivity index (χ0n) is 14.7. The van der Waals surface area contributed by atoms with Crippen molar-refractivity contribution in [1.29, 1.82) is 0 Å². The molecule has 2 atom stereocenters. The molecule has 2 aliphatic rings. The van der Waals surface area contributed by atoms with E-state index in [-0.39, 0.29) is 17.4 Å². The van der Waals surface area contributed by atoms with Crippen LogP contribution in [0.3, 0.4) is 0 Å². The van der Waals surface area contributed by atoms with E-state index >= 15 is 0 Å². The third-order valence-corrected chi connectivity index (χ3v) is 5.70. The van der Waals surface area contributed by atoms with Crippen LogP contribution in [0.25, 0.3) is 10.8 Å². The number of piperidine rings is 1. The van der Waals surface area contributed by atoms with Crippen molar-refractivity contribution in [3.8, 4) is 0 Å². The van der Waals surface area contributed by atoms with Crippen molar-refractivity contribution in [2.45, 2.75) is 25.4 Å². The third-order valence-electron chi connectivity index (χ3n) is 5.70. The van der Waals surface area contributed by atoms with Gasteiger partial charge in [-0.25, -0.2) is 0 Å². The van der Waals surface area contributed by atoms with E-state index in [0.717, 1.165) is 55.3 Å². The number of hydrogen-bond donors (Lipinski definition) is 0. The minimum atomic E-state index is -0.0578. The second kappa shape index (κ2) is 6.77. The summed E-state index contributed by atoms with van der Waals surface area (Å²) in [6, 6.07) is 14.1. The zero-order valence-corrected chi connectivity index (χ0v) is 14.7. The SMILES string of the molecule is COCC12CCCOC1CCN(C(=O)c1ccc3ccccc3c1)C2. The highest BCUT2D eigenvalue weighted by molar-refractivity contribution is 5.98. The number of nitrogens with zero attached hydrogens (tertiary/aromatic N) is 1. The Hall–Kier alpha value is -1.91. The summed E-state index contributed by atoms with van der Waals surface area (Å²) in [5.41, 5.74) is 0.707. The predicted molar refractivity (Wildman–Crippen MR) is 97.8 cm³/mol. The van der Waals surface area contributed by atoms with Gasteiger partial charge in [0.25, 0.3) is 5.91 Å². The van der Waals surface area contributed by atoms with Gasteiger partial charge in [-0.05, 0) is 42.2 Å². The molecular weight excluding hydrogens is 314 g/mol. The molecule has 0 aromatic heterocycles. The molecule has 2 aromatic rings. The molecule has 2 aliphatic heterocycles. The van der Waals surface area contributed by atoms with E-state index in [1.54, 1.807) is 7.11 Å². The molecule has 25 heavy (non-hydrogen) atoms. The summed E-state index contributed by atoms with van der Waals surface area (Å²) in [5, 5.41) is 2.27. The Labute approximate surface area is 148 Å². The van der Waals surface area contributed by atoms with Gasteiger partial charge in [0.15, 0.2) is 0 Å². The zero-order chi connectivity index (χ0) is 17.3. The summed E-state index contributed by atoms with van der Waals surface area (Å²) in [5.74, 6) is 0.116. The summed E-state index contributed by atoms with van der Waals surface area (Å²) in [4.78, 5) is 15.1. The van der Waals surface area contributed by atoms with Crippen LogP contribution in [0.5, 0.6) is 0 Å². The van der Waals surface area contributed by atoms with E-state index in [4.69, 9.17) is 9.47 Å². The second-order valence-electron chi connectivity index (χ2n) is 7.34. The van der Waals surface area contributed by atoms with Crippen LogP contribution in [-0.2, 0) is 9.47 Å². The van der Waals surface area contributed by atoms with Crippen LogP contribution in [-0.4, -0.2) is 50.3 Å². The van der Waals surface area contributed by atoms with E-state index in [1.165, 1.54) is 0 Å². The number of rotatable bonds is 3. The number of fused-ring (bicyclic) bond motifs is 2. The van der Waals surface area contributed by atoms with E-state index < -0.39 is 0 Å². The summed E-state index contributed by atoms with van der Waals surface area (Å²) in [6.45, 7) is 2.95. The van der Waals surface area contributed by atoms with E-state index in [9.17, 15) is 4.79 Å². The number of hydrogen-bond acceptors (Lipinski definition) is 3. The summed E-state index contributed by atoms with van der Waals surface area (Å²) >= 11 is 0. The van der Waals surface area contributed by atoms with Gasteiger partial charge in [-0.15, -0.1) is 0 Å². The van der Waals surface area contributed by atoms with Crippen LogP contribution in [0, 0.1) is 5.41 Å². The van der Waals surface area contributed by atoms with Gasteiger partial charge < -0.3 is 14.4 Å². The van der Waals surface area contributed by atoms with E-state index in [2.05, 4.69) is 12.1 Å². The van der Waals surface area contributed by atoms with Gasteiger partial charge in [0.05, 0.1) is 12.7 Å². The first-order chi connectivity index (χ1) is 12.2. The van der Waals surface area contributed by atoms with Crippen molar-refractivity contribution in [1.82, 2.24) is 4.90 Å². The molecule has 4 nitrogen and oxygen atoms in total. The Morgan fingerprint density at radius 1 is 1.28 bits per heavy atom. The maximum absolute atomic E-state index is 13.1. The first-order valence-electron chi connectivity index (χ1n) is 9.10. The van der Waals surface area contributed by atoms with Crippen molar-refractivity contribution in [2.24, 2.45) is 5.41 Å². The van der Waals surface area contributed by atoms with Crippen molar-refractivity contribution in [3.05, 3.63) is 48.0 Å². The van der Waals surface area contributed by atoms with Crippen molar-refractivity contribution in [2.75, 3.05) is 33.4 Å². The van der Waals surface area contributed by atoms with Crippen molar-refractivity contribution < 1.29 is 14.3 Å². The molecular formula is C21H25NO3. The maximum atomic E-state index is 13.1. The van der Waals surface area contributed by atoms with Gasteiger partial charge in [-0.2, -0.15) is 0 Å². The number of amides is 1. The number of methoxy groups -OCH3 is 1. The summed E-state index contributed by atoms with van der Waals surface area (Å²) < 4.78 is 11.5. The number of likely N-dealkylation sites (tertiary alicyclic amines) is 1. The molecule has 4 heteroatoms. The molecule has 2 heterocycles. The molecule has 0 aliphatic carbocycles. The molecule has 2 aromatic carbocycles.